The number of nitrogens with one attached hydrogen (secondary N) is 1. The lowest BCUT2D eigenvalue weighted by Crippen LogP contribution is -2.42. The second-order valence-electron chi connectivity index (χ2n) is 7.01. The molecule has 0 radical (unpaired) electrons. The highest BCUT2D eigenvalue weighted by Gasteiger charge is 2.44. The number of hydrazone groups is 1. The largest absolute Gasteiger partial charge is 0.349 e. The zero-order chi connectivity index (χ0) is 24.3. The fourth-order valence-electron chi connectivity index (χ4n) is 3.18. The first-order chi connectivity index (χ1) is 15.6. The number of Topliss-reactive ketones (excluding diaryl/α,β-unsaturated/α-hetero) is 1. The van der Waals surface area contributed by atoms with Gasteiger partial charge in [-0.2, -0.15) is 10.1 Å². The normalized spacial score (nSPS) is 15.2. The Morgan fingerprint density at radius 2 is 1.79 bits per heavy atom. The SMILES string of the molecule is CC1=NN(c2ccc([N+](=O)[O-])cc2[N+](=O)[O-])C(=O)[C@H]1C(=O)C(=O)NCCc1ccc(Cl)cc1. The van der Waals surface area contributed by atoms with Crippen LogP contribution >= 0.6 is 11.6 Å². The highest BCUT2D eigenvalue weighted by Crippen LogP contribution is 2.35. The molecule has 33 heavy (non-hydrogen) atoms. The Kier molecular flexibility index (Phi) is 6.78. The van der Waals surface area contributed by atoms with Gasteiger partial charge in [0.05, 0.1) is 21.6 Å². The maximum absolute atomic E-state index is 12.8. The minimum Gasteiger partial charge on any atom is -0.349 e. The van der Waals surface area contributed by atoms with Gasteiger partial charge in [0, 0.05) is 17.6 Å². The summed E-state index contributed by atoms with van der Waals surface area (Å²) in [5, 5.41) is 29.8. The van der Waals surface area contributed by atoms with Crippen molar-refractivity contribution in [3.63, 3.8) is 0 Å². The molecule has 1 atom stereocenters. The van der Waals surface area contributed by atoms with Crippen LogP contribution in [0.1, 0.15) is 12.5 Å². The van der Waals surface area contributed by atoms with Crippen LogP contribution in [0.5, 0.6) is 0 Å². The monoisotopic (exact) mass is 473 g/mol. The number of halogens is 1. The summed E-state index contributed by atoms with van der Waals surface area (Å²) in [6.07, 6.45) is 0.420. The minimum absolute atomic E-state index is 0.0366. The van der Waals surface area contributed by atoms with Crippen LogP contribution < -0.4 is 10.3 Å². The molecule has 12 nitrogen and oxygen atoms in total. The van der Waals surface area contributed by atoms with Crippen molar-refractivity contribution in [1.29, 1.82) is 0 Å². The van der Waals surface area contributed by atoms with E-state index in [-0.39, 0.29) is 17.9 Å². The number of nitro benzene ring substituents is 2. The molecule has 0 unspecified atom stereocenters. The Morgan fingerprint density at radius 1 is 1.12 bits per heavy atom. The number of anilines is 1. The average molecular weight is 474 g/mol. The second-order valence-corrected chi connectivity index (χ2v) is 7.44. The van der Waals surface area contributed by atoms with Gasteiger partial charge < -0.3 is 5.32 Å². The molecule has 13 heteroatoms. The van der Waals surface area contributed by atoms with Gasteiger partial charge in [0.15, 0.2) is 0 Å². The van der Waals surface area contributed by atoms with E-state index in [1.165, 1.54) is 6.92 Å². The number of nitrogens with zero attached hydrogens (tertiary/aromatic N) is 4. The molecule has 3 rings (SSSR count). The fraction of sp³-hybridized carbons (Fsp3) is 0.200. The summed E-state index contributed by atoms with van der Waals surface area (Å²) in [7, 11) is 0. The molecule has 0 aromatic heterocycles. The molecule has 0 bridgehead atoms. The van der Waals surface area contributed by atoms with Gasteiger partial charge in [-0.1, -0.05) is 23.7 Å². The molecule has 0 spiro atoms. The van der Waals surface area contributed by atoms with Gasteiger partial charge in [0.1, 0.15) is 11.6 Å². The van der Waals surface area contributed by atoms with E-state index >= 15 is 0 Å². The van der Waals surface area contributed by atoms with Crippen molar-refractivity contribution in [3.8, 4) is 0 Å². The van der Waals surface area contributed by atoms with E-state index in [0.29, 0.717) is 22.5 Å². The van der Waals surface area contributed by atoms with Crippen LogP contribution in [0.2, 0.25) is 5.02 Å². The molecule has 2 amide bonds. The molecule has 170 valence electrons. The number of hydrogen-bond donors (Lipinski definition) is 1. The van der Waals surface area contributed by atoms with E-state index in [0.717, 1.165) is 17.7 Å². The quantitative estimate of drug-likeness (QED) is 0.266. The molecular weight excluding hydrogens is 458 g/mol. The predicted molar refractivity (Wildman–Crippen MR) is 117 cm³/mol. The number of rotatable bonds is 8. The van der Waals surface area contributed by atoms with Crippen molar-refractivity contribution in [2.24, 2.45) is 11.0 Å². The Balaban J connectivity index is 1.73. The van der Waals surface area contributed by atoms with Gasteiger partial charge in [-0.15, -0.1) is 0 Å². The third-order valence-corrected chi connectivity index (χ3v) is 5.08. The predicted octanol–water partition coefficient (Wildman–Crippen LogP) is 2.42. The van der Waals surface area contributed by atoms with Crippen molar-refractivity contribution >= 4 is 52.0 Å². The first-order valence-electron chi connectivity index (χ1n) is 9.48. The smallest absolute Gasteiger partial charge is 0.301 e. The summed E-state index contributed by atoms with van der Waals surface area (Å²) < 4.78 is 0. The Labute approximate surface area is 191 Å². The topological polar surface area (TPSA) is 165 Å². The van der Waals surface area contributed by atoms with E-state index in [9.17, 15) is 34.6 Å². The maximum Gasteiger partial charge on any atom is 0.301 e. The second kappa shape index (κ2) is 9.53. The summed E-state index contributed by atoms with van der Waals surface area (Å²) in [5.74, 6) is -4.60. The van der Waals surface area contributed by atoms with Crippen molar-refractivity contribution in [2.45, 2.75) is 13.3 Å². The molecule has 2 aromatic carbocycles. The average Bonchev–Trinajstić information content (AvgIpc) is 3.07. The van der Waals surface area contributed by atoms with Gasteiger partial charge >= 0.3 is 5.69 Å². The van der Waals surface area contributed by atoms with Crippen LogP contribution in [-0.4, -0.2) is 39.7 Å². The number of amides is 2. The summed E-state index contributed by atoms with van der Waals surface area (Å²) in [6.45, 7) is 1.46. The molecule has 2 aromatic rings. The van der Waals surface area contributed by atoms with E-state index in [1.807, 2.05) is 0 Å². The van der Waals surface area contributed by atoms with Crippen LogP contribution in [0.15, 0.2) is 47.6 Å². The molecule has 0 saturated heterocycles. The van der Waals surface area contributed by atoms with E-state index < -0.39 is 44.7 Å². The van der Waals surface area contributed by atoms with Crippen LogP contribution in [0.4, 0.5) is 17.1 Å². The maximum atomic E-state index is 12.8. The molecule has 1 aliphatic heterocycles. The summed E-state index contributed by atoms with van der Waals surface area (Å²) in [5.41, 5.74) is -0.808. The van der Waals surface area contributed by atoms with E-state index in [4.69, 9.17) is 11.6 Å². The Bertz CT molecular complexity index is 1200. The lowest BCUT2D eigenvalue weighted by Gasteiger charge is -2.14. The number of carbonyl (C=O) groups is 3. The van der Waals surface area contributed by atoms with Crippen molar-refractivity contribution < 1.29 is 24.2 Å². The fourth-order valence-corrected chi connectivity index (χ4v) is 3.31. The van der Waals surface area contributed by atoms with Crippen molar-refractivity contribution in [3.05, 3.63) is 73.3 Å². The number of hydrogen-bond acceptors (Lipinski definition) is 8. The van der Waals surface area contributed by atoms with Crippen molar-refractivity contribution in [1.82, 2.24) is 5.32 Å². The van der Waals surface area contributed by atoms with Crippen LogP contribution in [0.25, 0.3) is 0 Å². The molecule has 0 saturated carbocycles. The lowest BCUT2D eigenvalue weighted by atomic mass is 9.98. The summed E-state index contributed by atoms with van der Waals surface area (Å²) >= 11 is 5.81. The van der Waals surface area contributed by atoms with E-state index in [1.54, 1.807) is 24.3 Å². The third kappa shape index (κ3) is 5.01. The third-order valence-electron chi connectivity index (χ3n) is 4.82. The van der Waals surface area contributed by atoms with Crippen molar-refractivity contribution in [2.75, 3.05) is 11.6 Å². The Morgan fingerprint density at radius 3 is 2.39 bits per heavy atom. The number of carbonyl (C=O) groups excluding carboxylic acids is 3. The zero-order valence-electron chi connectivity index (χ0n) is 17.1. The lowest BCUT2D eigenvalue weighted by molar-refractivity contribution is -0.393. The van der Waals surface area contributed by atoms with Gasteiger partial charge in [0.2, 0.25) is 5.78 Å². The number of nitro groups is 2. The molecule has 1 aliphatic rings. The minimum atomic E-state index is -1.56. The molecular formula is C20H16ClN5O7. The van der Waals surface area contributed by atoms with Crippen LogP contribution in [0, 0.1) is 26.1 Å². The van der Waals surface area contributed by atoms with Gasteiger partial charge in [0.25, 0.3) is 17.5 Å². The zero-order valence-corrected chi connectivity index (χ0v) is 17.8. The van der Waals surface area contributed by atoms with Gasteiger partial charge in [-0.05, 0) is 37.1 Å². The number of ketones is 1. The molecule has 0 aliphatic carbocycles. The van der Waals surface area contributed by atoms with Gasteiger partial charge in [-0.25, -0.2) is 0 Å². The van der Waals surface area contributed by atoms with Crippen LogP contribution in [0.3, 0.4) is 0 Å². The highest BCUT2D eigenvalue weighted by molar-refractivity contribution is 6.47. The highest BCUT2D eigenvalue weighted by atomic mass is 35.5. The summed E-state index contributed by atoms with van der Waals surface area (Å²) in [4.78, 5) is 58.3. The van der Waals surface area contributed by atoms with Crippen LogP contribution in [-0.2, 0) is 20.8 Å². The first kappa shape index (κ1) is 23.5. The van der Waals surface area contributed by atoms with E-state index in [2.05, 4.69) is 10.4 Å². The number of non-ortho nitro benzene ring substituents is 1. The van der Waals surface area contributed by atoms with Gasteiger partial charge in [-0.3, -0.25) is 34.6 Å². The molecule has 1 heterocycles. The summed E-state index contributed by atoms with van der Waals surface area (Å²) in [6, 6.07) is 9.56. The molecule has 0 fully saturated rings. The number of benzene rings is 2. The molecule has 1 N–H and O–H groups in total. The first-order valence-corrected chi connectivity index (χ1v) is 9.86. The standard InChI is InChI=1S/C20H16ClN5O7/c1-11-17(18(27)19(28)22-9-8-12-2-4-13(21)5-3-12)20(29)24(23-11)15-7-6-14(25(30)31)10-16(15)26(32)33/h2-7,10,17H,8-9H2,1H3,(H,22,28)/t17-/m1/s1. The Hall–Kier alpha value is -4.19.